The molecule has 0 bridgehead atoms. The van der Waals surface area contributed by atoms with Crippen molar-refractivity contribution in [1.82, 2.24) is 15.1 Å². The SMILES string of the molecule is CC(NCC1=NS(=O)(=O)c2ccccc2N1)C(C)n1cccn1. The number of hydrogen-bond donors (Lipinski definition) is 2. The Balaban J connectivity index is 1.69. The molecule has 2 heterocycles. The molecule has 0 radical (unpaired) electrons. The Hall–Kier alpha value is -2.19. The molecule has 1 aliphatic rings. The van der Waals surface area contributed by atoms with E-state index in [1.54, 1.807) is 30.5 Å². The quantitative estimate of drug-likeness (QED) is 0.868. The second-order valence-corrected chi connectivity index (χ2v) is 7.10. The van der Waals surface area contributed by atoms with Crippen LogP contribution in [-0.4, -0.2) is 36.6 Å². The Bertz CT molecular complexity index is 814. The van der Waals surface area contributed by atoms with Crippen molar-refractivity contribution in [2.45, 2.75) is 30.8 Å². The lowest BCUT2D eigenvalue weighted by atomic mass is 10.2. The minimum absolute atomic E-state index is 0.0966. The van der Waals surface area contributed by atoms with E-state index in [1.165, 1.54) is 0 Å². The van der Waals surface area contributed by atoms with Crippen LogP contribution in [0, 0.1) is 0 Å². The molecule has 0 aliphatic carbocycles. The zero-order valence-electron chi connectivity index (χ0n) is 13.0. The van der Waals surface area contributed by atoms with Gasteiger partial charge >= 0.3 is 0 Å². The number of rotatable bonds is 5. The van der Waals surface area contributed by atoms with Crippen molar-refractivity contribution in [3.8, 4) is 0 Å². The number of benzene rings is 1. The molecule has 0 saturated heterocycles. The highest BCUT2D eigenvalue weighted by atomic mass is 32.2. The normalized spacial score (nSPS) is 18.4. The molecule has 0 saturated carbocycles. The van der Waals surface area contributed by atoms with Gasteiger partial charge in [0.15, 0.2) is 0 Å². The molecule has 23 heavy (non-hydrogen) atoms. The van der Waals surface area contributed by atoms with Gasteiger partial charge in [0.2, 0.25) is 0 Å². The molecule has 1 aliphatic heterocycles. The Morgan fingerprint density at radius 3 is 2.78 bits per heavy atom. The lowest BCUT2D eigenvalue weighted by Crippen LogP contribution is -2.40. The zero-order valence-corrected chi connectivity index (χ0v) is 13.8. The van der Waals surface area contributed by atoms with Crippen molar-refractivity contribution >= 4 is 21.5 Å². The van der Waals surface area contributed by atoms with E-state index in [1.807, 2.05) is 30.8 Å². The molecule has 0 amide bonds. The molecule has 2 atom stereocenters. The molecular formula is C15H19N5O2S. The van der Waals surface area contributed by atoms with Gasteiger partial charge < -0.3 is 10.6 Å². The fourth-order valence-electron chi connectivity index (χ4n) is 2.42. The van der Waals surface area contributed by atoms with Crippen LogP contribution in [0.5, 0.6) is 0 Å². The van der Waals surface area contributed by atoms with Crippen molar-refractivity contribution in [2.24, 2.45) is 4.40 Å². The summed E-state index contributed by atoms with van der Waals surface area (Å²) in [6.07, 6.45) is 3.64. The first-order chi connectivity index (χ1) is 11.0. The summed E-state index contributed by atoms with van der Waals surface area (Å²) in [4.78, 5) is 0.210. The van der Waals surface area contributed by atoms with Crippen molar-refractivity contribution in [3.63, 3.8) is 0 Å². The molecule has 1 aromatic heterocycles. The fourth-order valence-corrected chi connectivity index (χ4v) is 3.57. The van der Waals surface area contributed by atoms with E-state index in [4.69, 9.17) is 0 Å². The smallest absolute Gasteiger partial charge is 0.286 e. The van der Waals surface area contributed by atoms with Gasteiger partial charge in [-0.3, -0.25) is 4.68 Å². The second kappa shape index (κ2) is 6.13. The van der Waals surface area contributed by atoms with E-state index >= 15 is 0 Å². The van der Waals surface area contributed by atoms with Crippen LogP contribution >= 0.6 is 0 Å². The Labute approximate surface area is 135 Å². The molecule has 0 fully saturated rings. The molecule has 122 valence electrons. The van der Waals surface area contributed by atoms with E-state index in [-0.39, 0.29) is 17.0 Å². The van der Waals surface area contributed by atoms with E-state index in [2.05, 4.69) is 20.1 Å². The number of nitrogens with one attached hydrogen (secondary N) is 2. The van der Waals surface area contributed by atoms with E-state index in [0.29, 0.717) is 18.1 Å². The van der Waals surface area contributed by atoms with Crippen molar-refractivity contribution < 1.29 is 8.42 Å². The van der Waals surface area contributed by atoms with Gasteiger partial charge in [0.05, 0.1) is 18.3 Å². The molecule has 1 aromatic carbocycles. The van der Waals surface area contributed by atoms with Crippen LogP contribution < -0.4 is 10.6 Å². The molecule has 2 unspecified atom stereocenters. The highest BCUT2D eigenvalue weighted by Crippen LogP contribution is 2.26. The number of amidine groups is 1. The van der Waals surface area contributed by atoms with E-state index in [9.17, 15) is 8.42 Å². The van der Waals surface area contributed by atoms with Gasteiger partial charge in [-0.2, -0.15) is 13.5 Å². The minimum atomic E-state index is -3.63. The zero-order chi connectivity index (χ0) is 16.4. The van der Waals surface area contributed by atoms with Crippen molar-refractivity contribution in [3.05, 3.63) is 42.7 Å². The fraction of sp³-hybridized carbons (Fsp3) is 0.333. The van der Waals surface area contributed by atoms with Crippen LogP contribution in [0.4, 0.5) is 5.69 Å². The Morgan fingerprint density at radius 2 is 2.04 bits per heavy atom. The van der Waals surface area contributed by atoms with Crippen LogP contribution in [0.2, 0.25) is 0 Å². The maximum absolute atomic E-state index is 12.2. The van der Waals surface area contributed by atoms with Crippen molar-refractivity contribution in [1.29, 1.82) is 0 Å². The van der Waals surface area contributed by atoms with Gasteiger partial charge in [0.1, 0.15) is 10.7 Å². The Morgan fingerprint density at radius 1 is 1.26 bits per heavy atom. The lowest BCUT2D eigenvalue weighted by Gasteiger charge is -2.24. The number of anilines is 1. The summed E-state index contributed by atoms with van der Waals surface area (Å²) in [6, 6.07) is 8.87. The topological polar surface area (TPSA) is 88.4 Å². The highest BCUT2D eigenvalue weighted by Gasteiger charge is 2.24. The summed E-state index contributed by atoms with van der Waals surface area (Å²) in [7, 11) is -3.63. The molecule has 8 heteroatoms. The first-order valence-corrected chi connectivity index (χ1v) is 8.84. The molecule has 2 N–H and O–H groups in total. The number of sulfonamides is 1. The van der Waals surface area contributed by atoms with Gasteiger partial charge in [0.25, 0.3) is 10.0 Å². The van der Waals surface area contributed by atoms with Gasteiger partial charge in [-0.05, 0) is 32.0 Å². The Kier molecular flexibility index (Phi) is 4.18. The third-order valence-electron chi connectivity index (χ3n) is 3.93. The third kappa shape index (κ3) is 3.27. The standard InChI is InChI=1S/C15H19N5O2S/c1-11(12(2)20-9-5-8-17-20)16-10-15-18-13-6-3-4-7-14(13)23(21,22)19-15/h3-9,11-12,16H,10H2,1-2H3,(H,18,19). The lowest BCUT2D eigenvalue weighted by molar-refractivity contribution is 0.378. The second-order valence-electron chi connectivity index (χ2n) is 5.53. The molecule has 0 spiro atoms. The van der Waals surface area contributed by atoms with Crippen LogP contribution in [0.3, 0.4) is 0 Å². The van der Waals surface area contributed by atoms with E-state index < -0.39 is 10.0 Å². The third-order valence-corrected chi connectivity index (χ3v) is 5.30. The van der Waals surface area contributed by atoms with Gasteiger partial charge in [-0.25, -0.2) is 0 Å². The van der Waals surface area contributed by atoms with Crippen LogP contribution in [0.15, 0.2) is 52.0 Å². The maximum atomic E-state index is 12.2. The number of nitrogens with zero attached hydrogens (tertiary/aromatic N) is 3. The molecule has 7 nitrogen and oxygen atoms in total. The monoisotopic (exact) mass is 333 g/mol. The predicted molar refractivity (Wildman–Crippen MR) is 89.1 cm³/mol. The average molecular weight is 333 g/mol. The maximum Gasteiger partial charge on any atom is 0.286 e. The molecular weight excluding hydrogens is 314 g/mol. The summed E-state index contributed by atoms with van der Waals surface area (Å²) >= 11 is 0. The summed E-state index contributed by atoms with van der Waals surface area (Å²) in [5.74, 6) is 0.392. The number of aromatic nitrogens is 2. The van der Waals surface area contributed by atoms with Gasteiger partial charge in [-0.15, -0.1) is 4.40 Å². The summed E-state index contributed by atoms with van der Waals surface area (Å²) in [5, 5.41) is 10.6. The van der Waals surface area contributed by atoms with Crippen molar-refractivity contribution in [2.75, 3.05) is 11.9 Å². The molecule has 3 rings (SSSR count). The van der Waals surface area contributed by atoms with Gasteiger partial charge in [0, 0.05) is 18.4 Å². The molecule has 2 aromatic rings. The minimum Gasteiger partial charge on any atom is -0.341 e. The summed E-state index contributed by atoms with van der Waals surface area (Å²) in [6.45, 7) is 4.41. The first kappa shape index (κ1) is 15.7. The number of hydrogen-bond acceptors (Lipinski definition) is 5. The number of fused-ring (bicyclic) bond motifs is 1. The van der Waals surface area contributed by atoms with Gasteiger partial charge in [-0.1, -0.05) is 12.1 Å². The summed E-state index contributed by atoms with van der Waals surface area (Å²) < 4.78 is 30.1. The van der Waals surface area contributed by atoms with Crippen LogP contribution in [0.1, 0.15) is 19.9 Å². The largest absolute Gasteiger partial charge is 0.341 e. The highest BCUT2D eigenvalue weighted by molar-refractivity contribution is 7.90. The van der Waals surface area contributed by atoms with Crippen LogP contribution in [0.25, 0.3) is 0 Å². The van der Waals surface area contributed by atoms with E-state index in [0.717, 1.165) is 0 Å². The first-order valence-electron chi connectivity index (χ1n) is 7.40. The number of para-hydroxylation sites is 1. The average Bonchev–Trinajstić information content (AvgIpc) is 3.05. The predicted octanol–water partition coefficient (Wildman–Crippen LogP) is 1.64. The summed E-state index contributed by atoms with van der Waals surface area (Å²) in [5.41, 5.74) is 0.562. The van der Waals surface area contributed by atoms with Crippen LogP contribution in [-0.2, 0) is 10.0 Å².